The number of ether oxygens (including phenoxy) is 1. The van der Waals surface area contributed by atoms with Crippen molar-refractivity contribution in [1.29, 1.82) is 0 Å². The van der Waals surface area contributed by atoms with Crippen molar-refractivity contribution >= 4 is 21.4 Å². The minimum Gasteiger partial charge on any atom is -0.497 e. The Balaban J connectivity index is 1.83. The molecule has 0 aliphatic heterocycles. The van der Waals surface area contributed by atoms with Gasteiger partial charge in [-0.25, -0.2) is 13.1 Å². The smallest absolute Gasteiger partial charge is 0.241 e. The fraction of sp³-hybridized carbons (Fsp3) is 0.111. The average Bonchev–Trinajstić information content (AvgIpc) is 3.15. The van der Waals surface area contributed by atoms with Gasteiger partial charge in [-0.2, -0.15) is 11.3 Å². The molecule has 0 atom stereocenters. The van der Waals surface area contributed by atoms with Gasteiger partial charge < -0.3 is 4.74 Å². The Bertz CT molecular complexity index is 919. The summed E-state index contributed by atoms with van der Waals surface area (Å²) in [4.78, 5) is 0.190. The van der Waals surface area contributed by atoms with E-state index >= 15 is 0 Å². The maximum Gasteiger partial charge on any atom is 0.241 e. The summed E-state index contributed by atoms with van der Waals surface area (Å²) >= 11 is 1.62. The third-order valence-electron chi connectivity index (χ3n) is 3.65. The lowest BCUT2D eigenvalue weighted by atomic mass is 10.0. The highest BCUT2D eigenvalue weighted by Gasteiger charge is 2.15. The number of hydrogen-bond donors (Lipinski definition) is 1. The summed E-state index contributed by atoms with van der Waals surface area (Å²) in [5, 5.41) is 4.06. The van der Waals surface area contributed by atoms with Gasteiger partial charge in [0.1, 0.15) is 5.75 Å². The fourth-order valence-corrected chi connectivity index (χ4v) is 4.10. The highest BCUT2D eigenvalue weighted by atomic mass is 32.2. The number of sulfonamides is 1. The minimum atomic E-state index is -3.60. The van der Waals surface area contributed by atoms with Gasteiger partial charge in [0.05, 0.1) is 12.0 Å². The molecule has 2 aromatic carbocycles. The summed E-state index contributed by atoms with van der Waals surface area (Å²) in [6.07, 6.45) is 0. The third-order valence-corrected chi connectivity index (χ3v) is 5.74. The molecule has 1 heterocycles. The first kappa shape index (κ1) is 16.7. The molecule has 1 N–H and O–H groups in total. The summed E-state index contributed by atoms with van der Waals surface area (Å²) in [6, 6.07) is 16.2. The van der Waals surface area contributed by atoms with E-state index in [0.29, 0.717) is 5.75 Å². The van der Waals surface area contributed by atoms with Crippen LogP contribution in [0.5, 0.6) is 5.75 Å². The van der Waals surface area contributed by atoms with E-state index in [-0.39, 0.29) is 11.4 Å². The second kappa shape index (κ2) is 7.17. The predicted octanol–water partition coefficient (Wildman–Crippen LogP) is 3.90. The lowest BCUT2D eigenvalue weighted by Gasteiger charge is -2.11. The second-order valence-corrected chi connectivity index (χ2v) is 7.72. The van der Waals surface area contributed by atoms with Crippen molar-refractivity contribution < 1.29 is 13.2 Å². The quantitative estimate of drug-likeness (QED) is 0.726. The maximum atomic E-state index is 12.5. The molecule has 4 nitrogen and oxygen atoms in total. The molecule has 0 fully saturated rings. The van der Waals surface area contributed by atoms with E-state index in [1.54, 1.807) is 29.5 Å². The van der Waals surface area contributed by atoms with E-state index in [1.807, 2.05) is 35.7 Å². The highest BCUT2D eigenvalue weighted by molar-refractivity contribution is 7.89. The van der Waals surface area contributed by atoms with Crippen molar-refractivity contribution in [1.82, 2.24) is 4.72 Å². The van der Waals surface area contributed by atoms with Crippen LogP contribution in [-0.2, 0) is 16.6 Å². The Morgan fingerprint density at radius 2 is 1.92 bits per heavy atom. The number of nitrogens with one attached hydrogen (secondary N) is 1. The lowest BCUT2D eigenvalue weighted by Crippen LogP contribution is -2.23. The molecule has 1 aromatic heterocycles. The number of thiophene rings is 1. The Morgan fingerprint density at radius 1 is 1.08 bits per heavy atom. The van der Waals surface area contributed by atoms with Gasteiger partial charge >= 0.3 is 0 Å². The van der Waals surface area contributed by atoms with Crippen molar-refractivity contribution in [2.24, 2.45) is 0 Å². The molecule has 24 heavy (non-hydrogen) atoms. The van der Waals surface area contributed by atoms with Gasteiger partial charge in [0.25, 0.3) is 0 Å². The number of rotatable bonds is 6. The molecule has 0 amide bonds. The molecule has 0 spiro atoms. The molecule has 0 bridgehead atoms. The van der Waals surface area contributed by atoms with Crippen LogP contribution in [0.2, 0.25) is 0 Å². The summed E-state index contributed by atoms with van der Waals surface area (Å²) < 4.78 is 32.8. The van der Waals surface area contributed by atoms with Crippen LogP contribution in [0.25, 0.3) is 11.1 Å². The van der Waals surface area contributed by atoms with Crippen LogP contribution in [0.1, 0.15) is 5.56 Å². The van der Waals surface area contributed by atoms with Crippen LogP contribution in [0.4, 0.5) is 0 Å². The van der Waals surface area contributed by atoms with Crippen molar-refractivity contribution in [3.63, 3.8) is 0 Å². The van der Waals surface area contributed by atoms with Gasteiger partial charge in [-0.05, 0) is 45.6 Å². The van der Waals surface area contributed by atoms with Crippen molar-refractivity contribution in [3.8, 4) is 16.9 Å². The lowest BCUT2D eigenvalue weighted by molar-refractivity contribution is 0.413. The van der Waals surface area contributed by atoms with E-state index < -0.39 is 10.0 Å². The van der Waals surface area contributed by atoms with Gasteiger partial charge in [0.2, 0.25) is 10.0 Å². The van der Waals surface area contributed by atoms with E-state index in [1.165, 1.54) is 13.2 Å². The van der Waals surface area contributed by atoms with Gasteiger partial charge in [-0.3, -0.25) is 0 Å². The monoisotopic (exact) mass is 359 g/mol. The summed E-state index contributed by atoms with van der Waals surface area (Å²) in [6.45, 7) is 0.228. The molecule has 0 aliphatic rings. The van der Waals surface area contributed by atoms with Gasteiger partial charge in [-0.1, -0.05) is 30.3 Å². The number of hydrogen-bond acceptors (Lipinski definition) is 4. The molecule has 0 saturated carbocycles. The van der Waals surface area contributed by atoms with Gasteiger partial charge in [-0.15, -0.1) is 0 Å². The SMILES string of the molecule is COc1cccc(S(=O)(=O)NCc2ccccc2-c2ccsc2)c1. The van der Waals surface area contributed by atoms with Gasteiger partial charge in [0.15, 0.2) is 0 Å². The first-order valence-electron chi connectivity index (χ1n) is 7.34. The average molecular weight is 359 g/mol. The Labute approximate surface area is 145 Å². The molecular weight excluding hydrogens is 342 g/mol. The predicted molar refractivity (Wildman–Crippen MR) is 96.8 cm³/mol. The summed E-state index contributed by atoms with van der Waals surface area (Å²) in [5.41, 5.74) is 3.06. The van der Waals surface area contributed by atoms with Crippen molar-refractivity contribution in [3.05, 3.63) is 70.9 Å². The van der Waals surface area contributed by atoms with Crippen molar-refractivity contribution in [2.75, 3.05) is 7.11 Å². The maximum absolute atomic E-state index is 12.5. The molecule has 3 rings (SSSR count). The zero-order valence-electron chi connectivity index (χ0n) is 13.1. The Kier molecular flexibility index (Phi) is 4.99. The van der Waals surface area contributed by atoms with E-state index in [9.17, 15) is 8.42 Å². The zero-order chi connectivity index (χ0) is 17.0. The van der Waals surface area contributed by atoms with E-state index in [2.05, 4.69) is 10.1 Å². The summed E-state index contributed by atoms with van der Waals surface area (Å²) in [5.74, 6) is 0.511. The molecule has 0 unspecified atom stereocenters. The van der Waals surface area contributed by atoms with Crippen molar-refractivity contribution in [2.45, 2.75) is 11.4 Å². The normalized spacial score (nSPS) is 11.4. The molecule has 0 radical (unpaired) electrons. The molecule has 6 heteroatoms. The molecular formula is C18H17NO3S2. The molecule has 0 aliphatic carbocycles. The van der Waals surface area contributed by atoms with E-state index in [4.69, 9.17) is 4.74 Å². The molecule has 3 aromatic rings. The Morgan fingerprint density at radius 3 is 2.67 bits per heavy atom. The Hall–Kier alpha value is -2.15. The second-order valence-electron chi connectivity index (χ2n) is 5.17. The van der Waals surface area contributed by atoms with Crippen LogP contribution in [0.15, 0.2) is 70.3 Å². The first-order chi connectivity index (χ1) is 11.6. The third kappa shape index (κ3) is 3.67. The molecule has 0 saturated heterocycles. The van der Waals surface area contributed by atoms with Crippen LogP contribution < -0.4 is 9.46 Å². The van der Waals surface area contributed by atoms with Gasteiger partial charge in [0, 0.05) is 12.6 Å². The topological polar surface area (TPSA) is 55.4 Å². The summed E-state index contributed by atoms with van der Waals surface area (Å²) in [7, 11) is -2.09. The largest absolute Gasteiger partial charge is 0.497 e. The number of benzene rings is 2. The van der Waals surface area contributed by atoms with Crippen LogP contribution in [0, 0.1) is 0 Å². The van der Waals surface area contributed by atoms with Crippen LogP contribution in [-0.4, -0.2) is 15.5 Å². The van der Waals surface area contributed by atoms with Crippen LogP contribution in [0.3, 0.4) is 0 Å². The highest BCUT2D eigenvalue weighted by Crippen LogP contribution is 2.26. The zero-order valence-corrected chi connectivity index (χ0v) is 14.7. The molecule has 124 valence electrons. The fourth-order valence-electron chi connectivity index (χ4n) is 2.40. The first-order valence-corrected chi connectivity index (χ1v) is 9.77. The number of methoxy groups -OCH3 is 1. The standard InChI is InChI=1S/C18H17NO3S2/c1-22-16-6-4-7-17(11-16)24(20,21)19-12-14-5-2-3-8-18(14)15-9-10-23-13-15/h2-11,13,19H,12H2,1H3. The minimum absolute atomic E-state index is 0.190. The van der Waals surface area contributed by atoms with E-state index in [0.717, 1.165) is 16.7 Å². The van der Waals surface area contributed by atoms with Crippen LogP contribution >= 0.6 is 11.3 Å².